The van der Waals surface area contributed by atoms with E-state index in [4.69, 9.17) is 23.2 Å². The molecule has 2 heterocycles. The Labute approximate surface area is 149 Å². The Morgan fingerprint density at radius 1 is 1.35 bits per heavy atom. The molecule has 0 saturated carbocycles. The molecule has 1 aromatic carbocycles. The lowest BCUT2D eigenvalue weighted by Gasteiger charge is -2.20. The fourth-order valence-corrected chi connectivity index (χ4v) is 4.12. The molecule has 0 radical (unpaired) electrons. The first-order valence-electron chi connectivity index (χ1n) is 7.52. The van der Waals surface area contributed by atoms with E-state index < -0.39 is 0 Å². The standard InChI is InChI=1S/C16H17Cl2N3OS/c17-12-2-1-11(13(18)8-12)7-15(22)21-16-20-9-14(23-16)10-3-5-19-6-4-10/h1-2,8-10,19H,3-7H2,(H,20,21,22). The largest absolute Gasteiger partial charge is 0.317 e. The smallest absolute Gasteiger partial charge is 0.230 e. The Kier molecular flexibility index (Phi) is 5.54. The van der Waals surface area contributed by atoms with Crippen molar-refractivity contribution in [3.05, 3.63) is 44.9 Å². The Balaban J connectivity index is 1.60. The van der Waals surface area contributed by atoms with Gasteiger partial charge in [-0.15, -0.1) is 11.3 Å². The van der Waals surface area contributed by atoms with Crippen molar-refractivity contribution >= 4 is 45.6 Å². The van der Waals surface area contributed by atoms with E-state index in [2.05, 4.69) is 15.6 Å². The van der Waals surface area contributed by atoms with E-state index in [1.165, 1.54) is 4.88 Å². The number of hydrogen-bond acceptors (Lipinski definition) is 4. The minimum atomic E-state index is -0.125. The van der Waals surface area contributed by atoms with Crippen LogP contribution in [-0.2, 0) is 11.2 Å². The Morgan fingerprint density at radius 3 is 2.87 bits per heavy atom. The maximum atomic E-state index is 12.2. The van der Waals surface area contributed by atoms with Crippen LogP contribution in [0.15, 0.2) is 24.4 Å². The minimum absolute atomic E-state index is 0.125. The highest BCUT2D eigenvalue weighted by atomic mass is 35.5. The van der Waals surface area contributed by atoms with Crippen LogP contribution < -0.4 is 10.6 Å². The van der Waals surface area contributed by atoms with Crippen LogP contribution >= 0.6 is 34.5 Å². The molecular formula is C16H17Cl2N3OS. The number of rotatable bonds is 4. The molecule has 23 heavy (non-hydrogen) atoms. The predicted octanol–water partition coefficient (Wildman–Crippen LogP) is 4.10. The topological polar surface area (TPSA) is 54.0 Å². The highest BCUT2D eigenvalue weighted by molar-refractivity contribution is 7.15. The van der Waals surface area contributed by atoms with Crippen molar-refractivity contribution in [3.63, 3.8) is 0 Å². The van der Waals surface area contributed by atoms with Crippen molar-refractivity contribution in [2.45, 2.75) is 25.2 Å². The monoisotopic (exact) mass is 369 g/mol. The first-order chi connectivity index (χ1) is 11.1. The van der Waals surface area contributed by atoms with E-state index in [0.29, 0.717) is 21.1 Å². The van der Waals surface area contributed by atoms with Gasteiger partial charge in [0.15, 0.2) is 5.13 Å². The Hall–Kier alpha value is -1.14. The number of thiazole rings is 1. The molecule has 0 bridgehead atoms. The predicted molar refractivity (Wildman–Crippen MR) is 95.8 cm³/mol. The second-order valence-corrected chi connectivity index (χ2v) is 7.46. The summed E-state index contributed by atoms with van der Waals surface area (Å²) in [6, 6.07) is 5.14. The van der Waals surface area contributed by atoms with Crippen molar-refractivity contribution in [2.75, 3.05) is 18.4 Å². The summed E-state index contributed by atoms with van der Waals surface area (Å²) in [7, 11) is 0. The maximum Gasteiger partial charge on any atom is 0.230 e. The summed E-state index contributed by atoms with van der Waals surface area (Å²) in [5, 5.41) is 7.92. The molecule has 1 aliphatic rings. The first kappa shape index (κ1) is 16.7. The molecule has 4 nitrogen and oxygen atoms in total. The quantitative estimate of drug-likeness (QED) is 0.852. The van der Waals surface area contributed by atoms with Crippen LogP contribution in [-0.4, -0.2) is 24.0 Å². The van der Waals surface area contributed by atoms with E-state index in [9.17, 15) is 4.79 Å². The van der Waals surface area contributed by atoms with Gasteiger partial charge in [0.25, 0.3) is 0 Å². The lowest BCUT2D eigenvalue weighted by atomic mass is 9.97. The Morgan fingerprint density at radius 2 is 2.13 bits per heavy atom. The molecule has 1 amide bonds. The average molecular weight is 370 g/mol. The lowest BCUT2D eigenvalue weighted by molar-refractivity contribution is -0.115. The van der Waals surface area contributed by atoms with Gasteiger partial charge in [-0.05, 0) is 49.5 Å². The molecule has 7 heteroatoms. The third kappa shape index (κ3) is 4.44. The molecule has 1 saturated heterocycles. The summed E-state index contributed by atoms with van der Waals surface area (Å²) in [6.45, 7) is 2.08. The summed E-state index contributed by atoms with van der Waals surface area (Å²) in [4.78, 5) is 17.7. The number of benzene rings is 1. The number of amides is 1. The van der Waals surface area contributed by atoms with Gasteiger partial charge in [-0.2, -0.15) is 0 Å². The molecule has 0 unspecified atom stereocenters. The zero-order chi connectivity index (χ0) is 16.2. The molecule has 1 aliphatic heterocycles. The van der Waals surface area contributed by atoms with Crippen molar-refractivity contribution in [1.29, 1.82) is 0 Å². The van der Waals surface area contributed by atoms with E-state index in [0.717, 1.165) is 31.5 Å². The van der Waals surface area contributed by atoms with Gasteiger partial charge in [0.1, 0.15) is 0 Å². The number of carbonyl (C=O) groups is 1. The summed E-state index contributed by atoms with van der Waals surface area (Å²) >= 11 is 13.5. The third-order valence-corrected chi connectivity index (χ3v) is 5.54. The van der Waals surface area contributed by atoms with Gasteiger partial charge in [-0.1, -0.05) is 29.3 Å². The summed E-state index contributed by atoms with van der Waals surface area (Å²) < 4.78 is 0. The molecule has 1 fully saturated rings. The number of carbonyl (C=O) groups excluding carboxylic acids is 1. The van der Waals surface area contributed by atoms with Gasteiger partial charge >= 0.3 is 0 Å². The summed E-state index contributed by atoms with van der Waals surface area (Å²) in [5.74, 6) is 0.422. The molecule has 3 rings (SSSR count). The van der Waals surface area contributed by atoms with Crippen LogP contribution in [0.4, 0.5) is 5.13 Å². The van der Waals surface area contributed by atoms with Crippen molar-refractivity contribution in [2.24, 2.45) is 0 Å². The van der Waals surface area contributed by atoms with Crippen molar-refractivity contribution in [3.8, 4) is 0 Å². The van der Waals surface area contributed by atoms with E-state index in [1.807, 2.05) is 6.20 Å². The molecule has 2 N–H and O–H groups in total. The number of hydrogen-bond donors (Lipinski definition) is 2. The maximum absolute atomic E-state index is 12.2. The van der Waals surface area contributed by atoms with Gasteiger partial charge in [-0.25, -0.2) is 4.98 Å². The van der Waals surface area contributed by atoms with Crippen LogP contribution in [0.2, 0.25) is 10.0 Å². The Bertz CT molecular complexity index is 698. The average Bonchev–Trinajstić information content (AvgIpc) is 2.99. The molecule has 0 atom stereocenters. The van der Waals surface area contributed by atoms with Crippen LogP contribution in [0.3, 0.4) is 0 Å². The molecule has 1 aromatic heterocycles. The van der Waals surface area contributed by atoms with Crippen molar-refractivity contribution < 1.29 is 4.79 Å². The first-order valence-corrected chi connectivity index (χ1v) is 9.09. The van der Waals surface area contributed by atoms with Crippen LogP contribution in [0, 0.1) is 0 Å². The van der Waals surface area contributed by atoms with E-state index in [1.54, 1.807) is 29.5 Å². The molecule has 0 spiro atoms. The van der Waals surface area contributed by atoms with Crippen LogP contribution in [0.25, 0.3) is 0 Å². The van der Waals surface area contributed by atoms with Crippen molar-refractivity contribution in [1.82, 2.24) is 10.3 Å². The van der Waals surface area contributed by atoms with E-state index in [-0.39, 0.29) is 12.3 Å². The SMILES string of the molecule is O=C(Cc1ccc(Cl)cc1Cl)Nc1ncc(C2CCNCC2)s1. The molecule has 0 aliphatic carbocycles. The number of halogens is 2. The van der Waals surface area contributed by atoms with Crippen LogP contribution in [0.5, 0.6) is 0 Å². The van der Waals surface area contributed by atoms with Gasteiger partial charge in [0, 0.05) is 21.1 Å². The minimum Gasteiger partial charge on any atom is -0.317 e. The summed E-state index contributed by atoms with van der Waals surface area (Å²) in [5.41, 5.74) is 0.753. The highest BCUT2D eigenvalue weighted by Crippen LogP contribution is 2.31. The fourth-order valence-electron chi connectivity index (χ4n) is 2.64. The number of anilines is 1. The summed E-state index contributed by atoms with van der Waals surface area (Å²) in [6.07, 6.45) is 4.33. The second-order valence-electron chi connectivity index (χ2n) is 5.55. The number of piperidine rings is 1. The van der Waals surface area contributed by atoms with Gasteiger partial charge in [0.2, 0.25) is 5.91 Å². The molecule has 122 valence electrons. The fraction of sp³-hybridized carbons (Fsp3) is 0.375. The second kappa shape index (κ2) is 7.62. The van der Waals surface area contributed by atoms with Crippen LogP contribution in [0.1, 0.15) is 29.2 Å². The van der Waals surface area contributed by atoms with E-state index >= 15 is 0 Å². The normalized spacial score (nSPS) is 15.6. The third-order valence-electron chi connectivity index (χ3n) is 3.88. The van der Waals surface area contributed by atoms with Gasteiger partial charge in [0.05, 0.1) is 6.42 Å². The molecular weight excluding hydrogens is 353 g/mol. The lowest BCUT2D eigenvalue weighted by Crippen LogP contribution is -2.26. The highest BCUT2D eigenvalue weighted by Gasteiger charge is 2.18. The van der Waals surface area contributed by atoms with Gasteiger partial charge < -0.3 is 10.6 Å². The molecule has 2 aromatic rings. The zero-order valence-electron chi connectivity index (χ0n) is 12.4. The number of aromatic nitrogens is 1. The van der Waals surface area contributed by atoms with Gasteiger partial charge in [-0.3, -0.25) is 4.79 Å². The number of nitrogens with zero attached hydrogens (tertiary/aromatic N) is 1. The zero-order valence-corrected chi connectivity index (χ0v) is 14.8. The number of nitrogens with one attached hydrogen (secondary N) is 2.